The van der Waals surface area contributed by atoms with Crippen LogP contribution in [0.1, 0.15) is 50.0 Å². The Bertz CT molecular complexity index is 1080. The van der Waals surface area contributed by atoms with Crippen LogP contribution in [0.2, 0.25) is 0 Å². The van der Waals surface area contributed by atoms with Crippen LogP contribution in [0.4, 0.5) is 8.78 Å². The zero-order valence-corrected chi connectivity index (χ0v) is 20.9. The number of carbonyl (C=O) groups excluding carboxylic acids is 2. The van der Waals surface area contributed by atoms with Crippen molar-refractivity contribution in [2.24, 2.45) is 11.7 Å². The van der Waals surface area contributed by atoms with Crippen molar-refractivity contribution < 1.29 is 23.1 Å². The van der Waals surface area contributed by atoms with Crippen molar-refractivity contribution in [2.75, 3.05) is 32.8 Å². The average Bonchev–Trinajstić information content (AvgIpc) is 3.33. The van der Waals surface area contributed by atoms with Gasteiger partial charge >= 0.3 is 0 Å². The fraction of sp³-hybridized carbons (Fsp3) is 0.519. The smallest absolute Gasteiger partial charge is 0.273 e. The highest BCUT2D eigenvalue weighted by molar-refractivity contribution is 5.96. The minimum Gasteiger partial charge on any atom is -0.490 e. The van der Waals surface area contributed by atoms with E-state index in [1.807, 2.05) is 0 Å². The molecule has 4 rings (SSSR count). The third-order valence-corrected chi connectivity index (χ3v) is 6.87. The molecular weight excluding hydrogens is 466 g/mol. The predicted octanol–water partition coefficient (Wildman–Crippen LogP) is 3.82. The van der Waals surface area contributed by atoms with E-state index in [1.165, 1.54) is 17.2 Å². The minimum atomic E-state index is -1.21. The van der Waals surface area contributed by atoms with Crippen molar-refractivity contribution in [2.45, 2.75) is 51.2 Å². The number of likely N-dealkylation sites (tertiary alicyclic amines) is 2. The lowest BCUT2D eigenvalue weighted by atomic mass is 9.97. The first-order valence-corrected chi connectivity index (χ1v) is 12.5. The molecule has 2 fully saturated rings. The number of nitrogens with two attached hydrogens (primary N) is 1. The van der Waals surface area contributed by atoms with Gasteiger partial charge in [0.25, 0.3) is 5.91 Å². The first-order chi connectivity index (χ1) is 17.1. The molecule has 1 aromatic heterocycles. The molecule has 2 N–H and O–H groups in total. The summed E-state index contributed by atoms with van der Waals surface area (Å²) in [5.41, 5.74) is 5.69. The van der Waals surface area contributed by atoms with E-state index < -0.39 is 23.4 Å². The van der Waals surface area contributed by atoms with Crippen LogP contribution in [0.3, 0.4) is 0 Å². The highest BCUT2D eigenvalue weighted by Gasteiger charge is 2.33. The van der Waals surface area contributed by atoms with Crippen LogP contribution < -0.4 is 10.5 Å². The molecule has 7 nitrogen and oxygen atoms in total. The molecule has 0 saturated carbocycles. The molecule has 36 heavy (non-hydrogen) atoms. The molecule has 0 unspecified atom stereocenters. The van der Waals surface area contributed by atoms with E-state index in [-0.39, 0.29) is 17.4 Å². The number of primary amides is 1. The Balaban J connectivity index is 1.32. The molecule has 9 heteroatoms. The number of benzene rings is 1. The number of ether oxygens (including phenoxy) is 1. The summed E-state index contributed by atoms with van der Waals surface area (Å²) in [5.74, 6) is -0.816. The molecule has 2 aliphatic heterocycles. The van der Waals surface area contributed by atoms with Crippen LogP contribution in [-0.2, 0) is 4.79 Å². The van der Waals surface area contributed by atoms with Crippen molar-refractivity contribution in [3.05, 3.63) is 48.0 Å². The topological polar surface area (TPSA) is 88.8 Å². The van der Waals surface area contributed by atoms with Gasteiger partial charge in [-0.1, -0.05) is 12.1 Å². The second-order valence-electron chi connectivity index (χ2n) is 10.4. The van der Waals surface area contributed by atoms with Gasteiger partial charge in [0.15, 0.2) is 11.6 Å². The number of aromatic nitrogens is 1. The SMILES string of the molecule is CC(C)(F)CN1CCC(COc2ccc(-c3ccc(C(=O)N4CCC[C@H]4C(N)=O)nc3)cc2F)CC1. The lowest BCUT2D eigenvalue weighted by Gasteiger charge is -2.34. The van der Waals surface area contributed by atoms with Gasteiger partial charge in [0, 0.05) is 24.8 Å². The summed E-state index contributed by atoms with van der Waals surface area (Å²) in [6, 6.07) is 7.43. The number of hydrogen-bond donors (Lipinski definition) is 1. The van der Waals surface area contributed by atoms with Gasteiger partial charge in [0.1, 0.15) is 17.4 Å². The average molecular weight is 501 g/mol. The van der Waals surface area contributed by atoms with Crippen LogP contribution in [0, 0.1) is 11.7 Å². The molecule has 2 aromatic rings. The first kappa shape index (κ1) is 26.0. The molecule has 0 aliphatic carbocycles. The van der Waals surface area contributed by atoms with Gasteiger partial charge in [0.2, 0.25) is 5.91 Å². The van der Waals surface area contributed by atoms with Crippen LogP contribution in [-0.4, -0.2) is 71.1 Å². The van der Waals surface area contributed by atoms with Crippen molar-refractivity contribution in [3.63, 3.8) is 0 Å². The Morgan fingerprint density at radius 3 is 2.44 bits per heavy atom. The molecule has 194 valence electrons. The fourth-order valence-corrected chi connectivity index (χ4v) is 4.99. The van der Waals surface area contributed by atoms with E-state index in [0.717, 1.165) is 32.4 Å². The Morgan fingerprint density at radius 2 is 1.83 bits per heavy atom. The minimum absolute atomic E-state index is 0.192. The van der Waals surface area contributed by atoms with Gasteiger partial charge < -0.3 is 20.3 Å². The van der Waals surface area contributed by atoms with E-state index in [9.17, 15) is 18.4 Å². The number of amides is 2. The van der Waals surface area contributed by atoms with Gasteiger partial charge in [0.05, 0.1) is 6.61 Å². The van der Waals surface area contributed by atoms with E-state index in [0.29, 0.717) is 43.2 Å². The third kappa shape index (κ3) is 6.37. The third-order valence-electron chi connectivity index (χ3n) is 6.87. The molecule has 0 spiro atoms. The summed E-state index contributed by atoms with van der Waals surface area (Å²) in [7, 11) is 0. The molecule has 1 atom stereocenters. The molecule has 0 radical (unpaired) electrons. The second kappa shape index (κ2) is 10.9. The summed E-state index contributed by atoms with van der Waals surface area (Å²) in [6.07, 6.45) is 4.59. The molecular formula is C27H34F2N4O3. The van der Waals surface area contributed by atoms with Gasteiger partial charge in [-0.25, -0.2) is 8.78 Å². The molecule has 3 heterocycles. The number of hydrogen-bond acceptors (Lipinski definition) is 5. The van der Waals surface area contributed by atoms with Crippen LogP contribution in [0.15, 0.2) is 36.5 Å². The number of carbonyl (C=O) groups is 2. The number of pyridine rings is 1. The number of halogens is 2. The van der Waals surface area contributed by atoms with E-state index in [4.69, 9.17) is 10.5 Å². The van der Waals surface area contributed by atoms with Crippen molar-refractivity contribution >= 4 is 11.8 Å². The lowest BCUT2D eigenvalue weighted by Crippen LogP contribution is -2.43. The quantitative estimate of drug-likeness (QED) is 0.595. The standard InChI is InChI=1S/C27H34F2N4O3/c1-27(2,29)17-32-12-9-18(10-13-32)16-36-24-8-6-19(14-21(24)28)20-5-7-22(31-15-20)26(35)33-11-3-4-23(33)25(30)34/h5-8,14-15,18,23H,3-4,9-13,16-17H2,1-2H3,(H2,30,34)/t23-/m0/s1. The molecule has 2 saturated heterocycles. The number of alkyl halides is 1. The Morgan fingerprint density at radius 1 is 1.11 bits per heavy atom. The van der Waals surface area contributed by atoms with Gasteiger partial charge in [-0.05, 0) is 82.3 Å². The maximum atomic E-state index is 14.8. The fourth-order valence-electron chi connectivity index (χ4n) is 4.99. The monoisotopic (exact) mass is 500 g/mol. The predicted molar refractivity (Wildman–Crippen MR) is 133 cm³/mol. The largest absolute Gasteiger partial charge is 0.490 e. The van der Waals surface area contributed by atoms with E-state index >= 15 is 0 Å². The highest BCUT2D eigenvalue weighted by Crippen LogP contribution is 2.28. The highest BCUT2D eigenvalue weighted by atomic mass is 19.1. The Kier molecular flexibility index (Phi) is 7.88. The number of piperidine rings is 1. The second-order valence-corrected chi connectivity index (χ2v) is 10.4. The normalized spacial score (nSPS) is 19.4. The number of nitrogens with zero attached hydrogens (tertiary/aromatic N) is 3. The van der Waals surface area contributed by atoms with Crippen molar-refractivity contribution in [1.29, 1.82) is 0 Å². The summed E-state index contributed by atoms with van der Waals surface area (Å²) < 4.78 is 34.4. The van der Waals surface area contributed by atoms with Crippen LogP contribution in [0.25, 0.3) is 11.1 Å². The first-order valence-electron chi connectivity index (χ1n) is 12.5. The Labute approximate surface area is 210 Å². The maximum Gasteiger partial charge on any atom is 0.273 e. The molecule has 2 aliphatic rings. The number of rotatable bonds is 8. The van der Waals surface area contributed by atoms with E-state index in [2.05, 4.69) is 9.88 Å². The maximum absolute atomic E-state index is 14.8. The summed E-state index contributed by atoms with van der Waals surface area (Å²) in [6.45, 7) is 6.13. The lowest BCUT2D eigenvalue weighted by molar-refractivity contribution is -0.121. The molecule has 1 aromatic carbocycles. The zero-order valence-electron chi connectivity index (χ0n) is 20.9. The van der Waals surface area contributed by atoms with E-state index in [1.54, 1.807) is 38.1 Å². The summed E-state index contributed by atoms with van der Waals surface area (Å²) in [4.78, 5) is 32.2. The van der Waals surface area contributed by atoms with Crippen LogP contribution in [0.5, 0.6) is 5.75 Å². The summed E-state index contributed by atoms with van der Waals surface area (Å²) >= 11 is 0. The van der Waals surface area contributed by atoms with Gasteiger partial charge in [-0.3, -0.25) is 14.6 Å². The van der Waals surface area contributed by atoms with Gasteiger partial charge in [-0.15, -0.1) is 0 Å². The Hall–Kier alpha value is -3.07. The summed E-state index contributed by atoms with van der Waals surface area (Å²) in [5, 5.41) is 0. The molecule has 2 amide bonds. The van der Waals surface area contributed by atoms with Crippen LogP contribution >= 0.6 is 0 Å². The zero-order chi connectivity index (χ0) is 25.9. The van der Waals surface area contributed by atoms with Gasteiger partial charge in [-0.2, -0.15) is 0 Å². The molecule has 0 bridgehead atoms. The van der Waals surface area contributed by atoms with Crippen molar-refractivity contribution in [1.82, 2.24) is 14.8 Å². The van der Waals surface area contributed by atoms with Crippen molar-refractivity contribution in [3.8, 4) is 16.9 Å².